The largest absolute Gasteiger partial charge is 0.405 e. The minimum Gasteiger partial charge on any atom is -0.397 e. The quantitative estimate of drug-likeness (QED) is 0.757. The van der Waals surface area contributed by atoms with E-state index in [0.29, 0.717) is 17.9 Å². The molecule has 0 fully saturated rings. The van der Waals surface area contributed by atoms with Crippen LogP contribution in [0.15, 0.2) is 0 Å². The number of carbonyl (C=O) groups excluding carboxylic acids is 2. The van der Waals surface area contributed by atoms with E-state index in [-0.39, 0.29) is 21.1 Å². The van der Waals surface area contributed by atoms with Gasteiger partial charge in [0.1, 0.15) is 16.4 Å². The lowest BCUT2D eigenvalue weighted by atomic mass is 10.2. The third kappa shape index (κ3) is 4.00. The molecule has 0 radical (unpaired) electrons. The predicted octanol–water partition coefficient (Wildman–Crippen LogP) is 1.18. The molecule has 0 bridgehead atoms. The standard InChI is InChI=1S/C11H15F3N4O2S/c1-3-17-9(20)7-6(15)5(8(16)19)10(21-7)18(2)4-11(12,13)14/h3-4,15H2,1-2H3,(H2,16,19)(H,17,20). The summed E-state index contributed by atoms with van der Waals surface area (Å²) in [6.07, 6.45) is -4.46. The van der Waals surface area contributed by atoms with Crippen molar-refractivity contribution in [1.29, 1.82) is 0 Å². The number of primary amides is 1. The molecule has 1 rings (SSSR count). The summed E-state index contributed by atoms with van der Waals surface area (Å²) in [7, 11) is 1.15. The number of nitrogens with one attached hydrogen (secondary N) is 1. The lowest BCUT2D eigenvalue weighted by molar-refractivity contribution is -0.119. The van der Waals surface area contributed by atoms with Crippen LogP contribution in [0.1, 0.15) is 27.0 Å². The molecule has 0 aromatic carbocycles. The highest BCUT2D eigenvalue weighted by Gasteiger charge is 2.33. The van der Waals surface area contributed by atoms with Gasteiger partial charge in [-0.3, -0.25) is 9.59 Å². The first-order chi connectivity index (χ1) is 9.58. The van der Waals surface area contributed by atoms with Crippen LogP contribution < -0.4 is 21.7 Å². The van der Waals surface area contributed by atoms with E-state index >= 15 is 0 Å². The molecule has 1 aromatic heterocycles. The Labute approximate surface area is 122 Å². The van der Waals surface area contributed by atoms with Crippen molar-refractivity contribution in [3.63, 3.8) is 0 Å². The van der Waals surface area contributed by atoms with E-state index in [0.717, 1.165) is 11.9 Å². The number of anilines is 2. The van der Waals surface area contributed by atoms with Crippen molar-refractivity contribution in [2.75, 3.05) is 30.8 Å². The van der Waals surface area contributed by atoms with Crippen molar-refractivity contribution in [3.05, 3.63) is 10.4 Å². The fourth-order valence-corrected chi connectivity index (χ4v) is 2.79. The molecule has 0 saturated carbocycles. The van der Waals surface area contributed by atoms with Gasteiger partial charge in [-0.1, -0.05) is 0 Å². The molecule has 1 aromatic rings. The third-order valence-electron chi connectivity index (χ3n) is 2.48. The molecular weight excluding hydrogens is 309 g/mol. The van der Waals surface area contributed by atoms with Gasteiger partial charge in [0, 0.05) is 13.6 Å². The van der Waals surface area contributed by atoms with Gasteiger partial charge in [-0.15, -0.1) is 11.3 Å². The maximum atomic E-state index is 12.4. The summed E-state index contributed by atoms with van der Waals surface area (Å²) in [6.45, 7) is 0.700. The van der Waals surface area contributed by atoms with Crippen molar-refractivity contribution >= 4 is 33.8 Å². The van der Waals surface area contributed by atoms with Crippen molar-refractivity contribution < 1.29 is 22.8 Å². The van der Waals surface area contributed by atoms with E-state index in [1.54, 1.807) is 6.92 Å². The second kappa shape index (κ2) is 6.20. The maximum absolute atomic E-state index is 12.4. The first-order valence-electron chi connectivity index (χ1n) is 5.86. The smallest absolute Gasteiger partial charge is 0.397 e. The summed E-state index contributed by atoms with van der Waals surface area (Å²) in [5, 5.41) is 2.38. The Balaban J connectivity index is 3.28. The van der Waals surface area contributed by atoms with E-state index < -0.39 is 24.5 Å². The van der Waals surface area contributed by atoms with Gasteiger partial charge in [-0.2, -0.15) is 13.2 Å². The van der Waals surface area contributed by atoms with Gasteiger partial charge in [0.2, 0.25) is 0 Å². The third-order valence-corrected chi connectivity index (χ3v) is 3.80. The minimum atomic E-state index is -4.46. The summed E-state index contributed by atoms with van der Waals surface area (Å²) >= 11 is 0.699. The van der Waals surface area contributed by atoms with Crippen molar-refractivity contribution in [1.82, 2.24) is 5.32 Å². The molecule has 0 unspecified atom stereocenters. The van der Waals surface area contributed by atoms with Crippen LogP contribution in [-0.2, 0) is 0 Å². The Hall–Kier alpha value is -1.97. The molecule has 0 aliphatic heterocycles. The first kappa shape index (κ1) is 17.1. The number of hydrogen-bond donors (Lipinski definition) is 3. The van der Waals surface area contributed by atoms with Crippen molar-refractivity contribution in [3.8, 4) is 0 Å². The average molecular weight is 324 g/mol. The van der Waals surface area contributed by atoms with E-state index in [1.165, 1.54) is 0 Å². The van der Waals surface area contributed by atoms with Crippen LogP contribution >= 0.6 is 11.3 Å². The lowest BCUT2D eigenvalue weighted by Crippen LogP contribution is -2.31. The van der Waals surface area contributed by atoms with E-state index in [2.05, 4.69) is 5.32 Å². The number of alkyl halides is 3. The van der Waals surface area contributed by atoms with Crippen LogP contribution in [0.4, 0.5) is 23.9 Å². The van der Waals surface area contributed by atoms with Gasteiger partial charge in [-0.25, -0.2) is 0 Å². The van der Waals surface area contributed by atoms with Gasteiger partial charge in [0.15, 0.2) is 0 Å². The fraction of sp³-hybridized carbons (Fsp3) is 0.455. The zero-order chi connectivity index (χ0) is 16.4. The normalized spacial score (nSPS) is 11.3. The zero-order valence-corrected chi connectivity index (χ0v) is 12.2. The number of nitrogens with zero attached hydrogens (tertiary/aromatic N) is 1. The number of nitrogens with two attached hydrogens (primary N) is 2. The Kier molecular flexibility index (Phi) is 5.05. The van der Waals surface area contributed by atoms with Crippen LogP contribution in [0.3, 0.4) is 0 Å². The first-order valence-corrected chi connectivity index (χ1v) is 6.68. The highest BCUT2D eigenvalue weighted by molar-refractivity contribution is 7.19. The number of hydrogen-bond acceptors (Lipinski definition) is 5. The highest BCUT2D eigenvalue weighted by Crippen LogP contribution is 2.38. The molecule has 5 N–H and O–H groups in total. The molecule has 0 aliphatic rings. The highest BCUT2D eigenvalue weighted by atomic mass is 32.1. The van der Waals surface area contributed by atoms with Gasteiger partial charge in [-0.05, 0) is 6.92 Å². The van der Waals surface area contributed by atoms with Gasteiger partial charge in [0.05, 0.1) is 11.3 Å². The maximum Gasteiger partial charge on any atom is 0.405 e. The number of amides is 2. The lowest BCUT2D eigenvalue weighted by Gasteiger charge is -2.20. The SMILES string of the molecule is CCNC(=O)c1sc(N(C)CC(F)(F)F)c(C(N)=O)c1N. The molecule has 1 heterocycles. The predicted molar refractivity (Wildman–Crippen MR) is 74.6 cm³/mol. The summed E-state index contributed by atoms with van der Waals surface area (Å²) in [4.78, 5) is 24.0. The Morgan fingerprint density at radius 3 is 2.38 bits per heavy atom. The van der Waals surface area contributed by atoms with E-state index in [1.807, 2.05) is 0 Å². The van der Waals surface area contributed by atoms with Crippen LogP contribution in [0.2, 0.25) is 0 Å². The molecule has 118 valence electrons. The zero-order valence-electron chi connectivity index (χ0n) is 11.4. The second-order valence-corrected chi connectivity index (χ2v) is 5.22. The van der Waals surface area contributed by atoms with Crippen LogP contribution in [0.25, 0.3) is 0 Å². The molecule has 21 heavy (non-hydrogen) atoms. The van der Waals surface area contributed by atoms with Gasteiger partial charge < -0.3 is 21.7 Å². The monoisotopic (exact) mass is 324 g/mol. The Bertz CT molecular complexity index is 556. The minimum absolute atomic E-state index is 0.0327. The fourth-order valence-electron chi connectivity index (χ4n) is 1.69. The van der Waals surface area contributed by atoms with Gasteiger partial charge in [0.25, 0.3) is 11.8 Å². The number of thiophene rings is 1. The van der Waals surface area contributed by atoms with Crippen molar-refractivity contribution in [2.24, 2.45) is 5.73 Å². The molecule has 0 aliphatic carbocycles. The van der Waals surface area contributed by atoms with Crippen LogP contribution in [-0.4, -0.2) is 38.1 Å². The topological polar surface area (TPSA) is 101 Å². The van der Waals surface area contributed by atoms with Crippen molar-refractivity contribution in [2.45, 2.75) is 13.1 Å². The molecule has 10 heteroatoms. The van der Waals surface area contributed by atoms with Gasteiger partial charge >= 0.3 is 6.18 Å². The number of rotatable bonds is 5. The molecule has 0 saturated heterocycles. The molecule has 2 amide bonds. The average Bonchev–Trinajstić information content (AvgIpc) is 2.65. The van der Waals surface area contributed by atoms with Crippen LogP contribution in [0.5, 0.6) is 0 Å². The number of halogens is 3. The summed E-state index contributed by atoms with van der Waals surface area (Å²) in [5.74, 6) is -1.54. The molecule has 0 atom stereocenters. The van der Waals surface area contributed by atoms with E-state index in [4.69, 9.17) is 11.5 Å². The Morgan fingerprint density at radius 2 is 1.95 bits per heavy atom. The molecule has 6 nitrogen and oxygen atoms in total. The summed E-state index contributed by atoms with van der Waals surface area (Å²) in [5.41, 5.74) is 10.4. The van der Waals surface area contributed by atoms with E-state index in [9.17, 15) is 22.8 Å². The van der Waals surface area contributed by atoms with Crippen LogP contribution in [0, 0.1) is 0 Å². The summed E-state index contributed by atoms with van der Waals surface area (Å²) < 4.78 is 37.3. The Morgan fingerprint density at radius 1 is 1.38 bits per heavy atom. The number of carbonyl (C=O) groups is 2. The second-order valence-electron chi connectivity index (χ2n) is 4.22. The molecular formula is C11H15F3N4O2S. The molecule has 0 spiro atoms. The summed E-state index contributed by atoms with van der Waals surface area (Å²) in [6, 6.07) is 0. The number of nitrogen functional groups attached to an aromatic ring is 1.